The van der Waals surface area contributed by atoms with E-state index < -0.39 is 0 Å². The van der Waals surface area contributed by atoms with Crippen LogP contribution in [-0.2, 0) is 12.8 Å². The van der Waals surface area contributed by atoms with Crippen molar-refractivity contribution in [1.82, 2.24) is 0 Å². The summed E-state index contributed by atoms with van der Waals surface area (Å²) in [5.41, 5.74) is 7.01. The van der Waals surface area contributed by atoms with Crippen LogP contribution in [0.1, 0.15) is 57.2 Å². The van der Waals surface area contributed by atoms with E-state index >= 15 is 0 Å². The highest BCUT2D eigenvalue weighted by Crippen LogP contribution is 2.48. The largest absolute Gasteiger partial charge is 0.460 e. The molecule has 0 fully saturated rings. The van der Waals surface area contributed by atoms with Crippen LogP contribution in [0.4, 0.5) is 5.69 Å². The van der Waals surface area contributed by atoms with E-state index in [1.54, 1.807) is 0 Å². The molecule has 0 radical (unpaired) electrons. The first-order valence-corrected chi connectivity index (χ1v) is 9.66. The molecule has 4 rings (SSSR count). The molecule has 0 amide bonds. The second-order valence-electron chi connectivity index (χ2n) is 8.44. The van der Waals surface area contributed by atoms with E-state index in [4.69, 9.17) is 4.74 Å². The Morgan fingerprint density at radius 3 is 2.60 bits per heavy atom. The highest BCUT2D eigenvalue weighted by atomic mass is 16.5. The third kappa shape index (κ3) is 2.82. The number of aryl methyl sites for hydroxylation is 1. The molecule has 3 aliphatic rings. The van der Waals surface area contributed by atoms with E-state index in [1.807, 2.05) is 0 Å². The summed E-state index contributed by atoms with van der Waals surface area (Å²) < 4.78 is 6.55. The molecule has 0 atom stereocenters. The van der Waals surface area contributed by atoms with Gasteiger partial charge in [-0.15, -0.1) is 0 Å². The van der Waals surface area contributed by atoms with Gasteiger partial charge in [0.2, 0.25) is 0 Å². The van der Waals surface area contributed by atoms with Crippen molar-refractivity contribution < 1.29 is 4.74 Å². The highest BCUT2D eigenvalue weighted by molar-refractivity contribution is 5.86. The quantitative estimate of drug-likeness (QED) is 0.656. The summed E-state index contributed by atoms with van der Waals surface area (Å²) >= 11 is 0. The number of rotatable bonds is 1. The van der Waals surface area contributed by atoms with Crippen LogP contribution in [0.25, 0.3) is 5.57 Å². The molecule has 0 spiro atoms. The van der Waals surface area contributed by atoms with E-state index in [9.17, 15) is 0 Å². The molecule has 0 unspecified atom stereocenters. The Kier molecular flexibility index (Phi) is 4.02. The summed E-state index contributed by atoms with van der Waals surface area (Å²) in [6.45, 7) is 11.2. The molecule has 2 heteroatoms. The number of ether oxygens (including phenoxy) is 1. The number of hydrogen-bond acceptors (Lipinski definition) is 2. The molecule has 2 nitrogen and oxygen atoms in total. The first-order valence-electron chi connectivity index (χ1n) is 9.66. The van der Waals surface area contributed by atoms with Gasteiger partial charge in [0.25, 0.3) is 0 Å². The minimum Gasteiger partial charge on any atom is -0.460 e. The maximum absolute atomic E-state index is 6.55. The molecule has 1 aromatic rings. The smallest absolute Gasteiger partial charge is 0.140 e. The zero-order valence-corrected chi connectivity index (χ0v) is 16.0. The summed E-state index contributed by atoms with van der Waals surface area (Å²) in [7, 11) is 0. The average Bonchev–Trinajstić information content (AvgIpc) is 2.59. The molecular formula is C23H29NO. The molecule has 132 valence electrons. The van der Waals surface area contributed by atoms with Crippen molar-refractivity contribution in [2.75, 3.05) is 18.0 Å². The van der Waals surface area contributed by atoms with Crippen LogP contribution < -0.4 is 9.64 Å². The lowest BCUT2D eigenvalue weighted by Crippen LogP contribution is -2.35. The second kappa shape index (κ2) is 6.09. The van der Waals surface area contributed by atoms with E-state index in [0.717, 1.165) is 17.9 Å². The fourth-order valence-corrected chi connectivity index (χ4v) is 4.23. The van der Waals surface area contributed by atoms with Crippen LogP contribution in [-0.4, -0.2) is 13.1 Å². The lowest BCUT2D eigenvalue weighted by Gasteiger charge is -2.40. The normalized spacial score (nSPS) is 21.0. The lowest BCUT2D eigenvalue weighted by atomic mass is 9.84. The molecule has 0 saturated carbocycles. The first kappa shape index (κ1) is 16.5. The van der Waals surface area contributed by atoms with Crippen molar-refractivity contribution in [3.05, 3.63) is 52.8 Å². The van der Waals surface area contributed by atoms with Crippen LogP contribution in [0, 0.1) is 5.41 Å². The Morgan fingerprint density at radius 1 is 1.12 bits per heavy atom. The van der Waals surface area contributed by atoms with E-state index in [1.165, 1.54) is 60.3 Å². The second-order valence-corrected chi connectivity index (χ2v) is 8.44. The Hall–Kier alpha value is -1.96. The highest BCUT2D eigenvalue weighted by Gasteiger charge is 2.33. The maximum atomic E-state index is 6.55. The number of fused-ring (bicyclic) bond motifs is 2. The van der Waals surface area contributed by atoms with Gasteiger partial charge in [-0.3, -0.25) is 0 Å². The van der Waals surface area contributed by atoms with Crippen molar-refractivity contribution >= 4 is 11.3 Å². The van der Waals surface area contributed by atoms with Gasteiger partial charge in [0.1, 0.15) is 11.5 Å². The molecule has 3 aliphatic heterocycles. The van der Waals surface area contributed by atoms with Gasteiger partial charge in [-0.25, -0.2) is 0 Å². The summed E-state index contributed by atoms with van der Waals surface area (Å²) in [4.78, 5) is 2.59. The predicted molar refractivity (Wildman–Crippen MR) is 106 cm³/mol. The van der Waals surface area contributed by atoms with Crippen molar-refractivity contribution in [3.63, 3.8) is 0 Å². The molecule has 3 heterocycles. The van der Waals surface area contributed by atoms with Gasteiger partial charge < -0.3 is 9.64 Å². The summed E-state index contributed by atoms with van der Waals surface area (Å²) in [5, 5.41) is 0. The maximum Gasteiger partial charge on any atom is 0.140 e. The zero-order valence-electron chi connectivity index (χ0n) is 16.0. The van der Waals surface area contributed by atoms with E-state index in [-0.39, 0.29) is 5.41 Å². The van der Waals surface area contributed by atoms with Gasteiger partial charge in [0.15, 0.2) is 0 Å². The number of nitrogens with zero attached hydrogens (tertiary/aromatic N) is 1. The fraction of sp³-hybridized carbons (Fsp3) is 0.478. The third-order valence-electron chi connectivity index (χ3n) is 5.49. The van der Waals surface area contributed by atoms with Gasteiger partial charge >= 0.3 is 0 Å². The SMILES string of the molecule is C/C=C/C=C1\C=C(C(C)(C)C)Oc2c1cc1c3c2CCCN3CCC1. The Bertz CT molecular complexity index is 787. The summed E-state index contributed by atoms with van der Waals surface area (Å²) in [5.74, 6) is 2.19. The average molecular weight is 335 g/mol. The first-order chi connectivity index (χ1) is 12.0. The number of allylic oxidation sites excluding steroid dienone is 6. The molecular weight excluding hydrogens is 306 g/mol. The van der Waals surface area contributed by atoms with Crippen LogP contribution in [0.15, 0.2) is 36.1 Å². The van der Waals surface area contributed by atoms with Crippen molar-refractivity contribution in [3.8, 4) is 5.75 Å². The van der Waals surface area contributed by atoms with Gasteiger partial charge in [0.05, 0.1) is 0 Å². The standard InChI is InChI=1S/C23H29NO/c1-5-6-9-16-15-20(23(2,3)4)25-22-18-11-8-13-24-12-7-10-17(21(18)24)14-19(16)22/h5-6,9,14-15H,7-8,10-13H2,1-4H3/b6-5+,16-9+. The summed E-state index contributed by atoms with van der Waals surface area (Å²) in [6, 6.07) is 2.40. The Morgan fingerprint density at radius 2 is 1.88 bits per heavy atom. The van der Waals surface area contributed by atoms with E-state index in [0.29, 0.717) is 0 Å². The molecule has 0 bridgehead atoms. The van der Waals surface area contributed by atoms with Crippen molar-refractivity contribution in [2.24, 2.45) is 5.41 Å². The monoisotopic (exact) mass is 335 g/mol. The minimum absolute atomic E-state index is 0.00366. The number of hydrogen-bond donors (Lipinski definition) is 0. The number of benzene rings is 1. The minimum atomic E-state index is 0.00366. The van der Waals surface area contributed by atoms with Crippen molar-refractivity contribution in [1.29, 1.82) is 0 Å². The molecule has 1 aromatic carbocycles. The molecule has 0 saturated heterocycles. The van der Waals surface area contributed by atoms with Crippen LogP contribution >= 0.6 is 0 Å². The van der Waals surface area contributed by atoms with Gasteiger partial charge in [-0.05, 0) is 55.9 Å². The fourth-order valence-electron chi connectivity index (χ4n) is 4.23. The van der Waals surface area contributed by atoms with E-state index in [2.05, 4.69) is 63.0 Å². The lowest BCUT2D eigenvalue weighted by molar-refractivity contribution is 0.288. The van der Waals surface area contributed by atoms with Crippen LogP contribution in [0.2, 0.25) is 0 Å². The van der Waals surface area contributed by atoms with Crippen molar-refractivity contribution in [2.45, 2.75) is 53.4 Å². The third-order valence-corrected chi connectivity index (χ3v) is 5.49. The zero-order chi connectivity index (χ0) is 17.6. The van der Waals surface area contributed by atoms with Gasteiger partial charge in [0, 0.05) is 35.3 Å². The van der Waals surface area contributed by atoms with Gasteiger partial charge in [-0.1, -0.05) is 39.0 Å². The molecule has 25 heavy (non-hydrogen) atoms. The molecule has 0 N–H and O–H groups in total. The Balaban J connectivity index is 1.94. The molecule has 0 aromatic heterocycles. The Labute approximate surface area is 151 Å². The number of anilines is 1. The van der Waals surface area contributed by atoms with Crippen LogP contribution in [0.5, 0.6) is 5.75 Å². The topological polar surface area (TPSA) is 12.5 Å². The molecule has 0 aliphatic carbocycles. The van der Waals surface area contributed by atoms with Gasteiger partial charge in [-0.2, -0.15) is 0 Å². The predicted octanol–water partition coefficient (Wildman–Crippen LogP) is 5.67. The summed E-state index contributed by atoms with van der Waals surface area (Å²) in [6.07, 6.45) is 13.5. The van der Waals surface area contributed by atoms with Crippen LogP contribution in [0.3, 0.4) is 0 Å².